The number of amidine groups is 1. The van der Waals surface area contributed by atoms with Crippen LogP contribution in [-0.2, 0) is 7.05 Å². The highest BCUT2D eigenvalue weighted by Crippen LogP contribution is 2.34. The van der Waals surface area contributed by atoms with E-state index in [9.17, 15) is 0 Å². The van der Waals surface area contributed by atoms with Gasteiger partial charge in [0.05, 0.1) is 18.9 Å². The molecule has 8 heteroatoms. The number of hydrogen-bond donors (Lipinski definition) is 2. The van der Waals surface area contributed by atoms with E-state index in [0.717, 1.165) is 42.0 Å². The quantitative estimate of drug-likeness (QED) is 0.764. The first-order valence-electron chi connectivity index (χ1n) is 7.04. The van der Waals surface area contributed by atoms with Crippen molar-refractivity contribution in [2.24, 2.45) is 23.5 Å². The molecule has 2 aliphatic rings. The van der Waals surface area contributed by atoms with Gasteiger partial charge in [-0.05, 0) is 28.8 Å². The Bertz CT molecular complexity index is 591. The number of piperidine rings is 1. The maximum absolute atomic E-state index is 6.11. The van der Waals surface area contributed by atoms with E-state index < -0.39 is 0 Å². The molecule has 21 heavy (non-hydrogen) atoms. The molecule has 1 aromatic heterocycles. The van der Waals surface area contributed by atoms with Gasteiger partial charge in [-0.1, -0.05) is 0 Å². The molecule has 2 aliphatic heterocycles. The smallest absolute Gasteiger partial charge is 0.150 e. The summed E-state index contributed by atoms with van der Waals surface area (Å²) in [7, 11) is 1.96. The molecule has 0 radical (unpaired) electrons. The van der Waals surface area contributed by atoms with Gasteiger partial charge in [0.15, 0.2) is 5.82 Å². The molecule has 0 aromatic carbocycles. The van der Waals surface area contributed by atoms with Gasteiger partial charge >= 0.3 is 0 Å². The van der Waals surface area contributed by atoms with Crippen LogP contribution < -0.4 is 21.3 Å². The average molecular weight is 354 g/mol. The van der Waals surface area contributed by atoms with Crippen LogP contribution in [0.25, 0.3) is 0 Å². The Labute approximate surface area is 132 Å². The Balaban J connectivity index is 1.94. The Hall–Kier alpha value is -1.54. The molecule has 0 bridgehead atoms. The molecule has 0 spiro atoms. The summed E-state index contributed by atoms with van der Waals surface area (Å²) in [6.45, 7) is 2.40. The van der Waals surface area contributed by atoms with E-state index in [1.807, 2.05) is 17.9 Å². The number of rotatable bonds is 2. The third kappa shape index (κ3) is 2.77. The van der Waals surface area contributed by atoms with Crippen molar-refractivity contribution in [3.63, 3.8) is 0 Å². The van der Waals surface area contributed by atoms with E-state index in [2.05, 4.69) is 35.8 Å². The summed E-state index contributed by atoms with van der Waals surface area (Å²) in [4.78, 5) is 8.51. The minimum Gasteiger partial charge on any atom is -0.386 e. The van der Waals surface area contributed by atoms with E-state index >= 15 is 0 Å². The Morgan fingerprint density at radius 3 is 3.00 bits per heavy atom. The Morgan fingerprint density at radius 2 is 2.24 bits per heavy atom. The fourth-order valence-electron chi connectivity index (χ4n) is 2.86. The third-order valence-electron chi connectivity index (χ3n) is 3.85. The zero-order valence-electron chi connectivity index (χ0n) is 12.0. The highest BCUT2D eigenvalue weighted by atomic mass is 79.9. The summed E-state index contributed by atoms with van der Waals surface area (Å²) < 4.78 is 2.78. The number of aryl methyl sites for hydroxylation is 1. The highest BCUT2D eigenvalue weighted by molar-refractivity contribution is 9.11. The topological polar surface area (TPSA) is 88.7 Å². The normalized spacial score (nSPS) is 23.1. The first-order chi connectivity index (χ1) is 10.1. The van der Waals surface area contributed by atoms with Gasteiger partial charge in [0.25, 0.3) is 0 Å². The molecule has 1 saturated heterocycles. The van der Waals surface area contributed by atoms with Crippen LogP contribution in [0.3, 0.4) is 0 Å². The fourth-order valence-corrected chi connectivity index (χ4v) is 3.28. The molecule has 0 aliphatic carbocycles. The van der Waals surface area contributed by atoms with E-state index in [0.29, 0.717) is 12.4 Å². The van der Waals surface area contributed by atoms with Crippen LogP contribution in [0.2, 0.25) is 0 Å². The largest absolute Gasteiger partial charge is 0.386 e. The van der Waals surface area contributed by atoms with Crippen LogP contribution in [-0.4, -0.2) is 41.3 Å². The Kier molecular flexibility index (Phi) is 3.90. The number of hydrogen-bond acceptors (Lipinski definition) is 6. The van der Waals surface area contributed by atoms with E-state index in [1.165, 1.54) is 0 Å². The first kappa shape index (κ1) is 14.4. The minimum absolute atomic E-state index is 0.216. The number of aromatic nitrogens is 2. The maximum Gasteiger partial charge on any atom is 0.150 e. The molecule has 0 unspecified atom stereocenters. The molecule has 114 valence electrons. The summed E-state index contributed by atoms with van der Waals surface area (Å²) >= 11 is 3.54. The van der Waals surface area contributed by atoms with Crippen molar-refractivity contribution >= 4 is 33.3 Å². The second-order valence-electron chi connectivity index (χ2n) is 5.48. The molecule has 3 rings (SSSR count). The van der Waals surface area contributed by atoms with Gasteiger partial charge < -0.3 is 21.3 Å². The van der Waals surface area contributed by atoms with Gasteiger partial charge in [0.2, 0.25) is 0 Å². The number of anilines is 2. The molecular weight excluding hydrogens is 334 g/mol. The lowest BCUT2D eigenvalue weighted by atomic mass is 10.1. The summed E-state index contributed by atoms with van der Waals surface area (Å²) in [6.07, 6.45) is 5.77. The predicted octanol–water partition coefficient (Wildman–Crippen LogP) is 0.719. The Morgan fingerprint density at radius 1 is 1.43 bits per heavy atom. The molecule has 7 nitrogen and oxygen atoms in total. The van der Waals surface area contributed by atoms with Gasteiger partial charge in [-0.3, -0.25) is 4.68 Å². The van der Waals surface area contributed by atoms with E-state index in [4.69, 9.17) is 11.5 Å². The van der Waals surface area contributed by atoms with Crippen LogP contribution in [0.15, 0.2) is 22.0 Å². The minimum atomic E-state index is 0.216. The molecule has 1 atom stereocenters. The highest BCUT2D eigenvalue weighted by Gasteiger charge is 2.27. The van der Waals surface area contributed by atoms with Crippen molar-refractivity contribution in [2.45, 2.75) is 18.9 Å². The van der Waals surface area contributed by atoms with Gasteiger partial charge in [-0.15, -0.1) is 0 Å². The SMILES string of the molecule is Cn1ncc(N2CC(N)=NC=C2Br)c1N1CCC[C@H](N)C1. The van der Waals surface area contributed by atoms with Crippen LogP contribution in [0.1, 0.15) is 12.8 Å². The molecule has 1 aromatic rings. The van der Waals surface area contributed by atoms with Crippen molar-refractivity contribution in [1.82, 2.24) is 9.78 Å². The number of aliphatic imine (C=N–C) groups is 1. The van der Waals surface area contributed by atoms with Crippen molar-refractivity contribution in [1.29, 1.82) is 0 Å². The second kappa shape index (κ2) is 5.69. The lowest BCUT2D eigenvalue weighted by Gasteiger charge is -2.35. The van der Waals surface area contributed by atoms with Crippen LogP contribution in [0, 0.1) is 0 Å². The van der Waals surface area contributed by atoms with E-state index in [-0.39, 0.29) is 6.04 Å². The first-order valence-corrected chi connectivity index (χ1v) is 7.83. The molecule has 1 fully saturated rings. The average Bonchev–Trinajstić information content (AvgIpc) is 2.83. The maximum atomic E-state index is 6.11. The van der Waals surface area contributed by atoms with Crippen LogP contribution >= 0.6 is 15.9 Å². The predicted molar refractivity (Wildman–Crippen MR) is 88.6 cm³/mol. The second-order valence-corrected chi connectivity index (χ2v) is 6.30. The van der Waals surface area contributed by atoms with Crippen LogP contribution in [0.5, 0.6) is 0 Å². The molecule has 3 heterocycles. The number of nitrogens with zero attached hydrogens (tertiary/aromatic N) is 5. The van der Waals surface area contributed by atoms with Gasteiger partial charge in [0, 0.05) is 26.2 Å². The third-order valence-corrected chi connectivity index (χ3v) is 4.48. The standard InChI is InChI=1S/C13H20BrN7/c1-19-13(20-4-2-3-9(15)7-20)10(5-18-19)21-8-12(16)17-6-11(21)14/h5-6,9H,2-4,7-8,15H2,1H3,(H2,16,17)/t9-/m0/s1. The monoisotopic (exact) mass is 353 g/mol. The lowest BCUT2D eigenvalue weighted by Crippen LogP contribution is -2.44. The number of nitrogens with two attached hydrogens (primary N) is 2. The zero-order valence-corrected chi connectivity index (χ0v) is 13.6. The number of halogens is 1. The van der Waals surface area contributed by atoms with E-state index in [1.54, 1.807) is 6.20 Å². The lowest BCUT2D eigenvalue weighted by molar-refractivity contribution is 0.497. The zero-order chi connectivity index (χ0) is 15.0. The van der Waals surface area contributed by atoms with Crippen molar-refractivity contribution in [2.75, 3.05) is 29.4 Å². The van der Waals surface area contributed by atoms with Crippen molar-refractivity contribution in [3.8, 4) is 0 Å². The van der Waals surface area contributed by atoms with Gasteiger partial charge in [-0.25, -0.2) is 4.99 Å². The summed E-state index contributed by atoms with van der Waals surface area (Å²) in [5.74, 6) is 1.66. The molecule has 4 N–H and O–H groups in total. The van der Waals surface area contributed by atoms with Gasteiger partial charge in [-0.2, -0.15) is 5.10 Å². The fraction of sp³-hybridized carbons (Fsp3) is 0.538. The van der Waals surface area contributed by atoms with Crippen LogP contribution in [0.4, 0.5) is 11.5 Å². The van der Waals surface area contributed by atoms with Crippen molar-refractivity contribution in [3.05, 3.63) is 17.0 Å². The summed E-state index contributed by atoms with van der Waals surface area (Å²) in [5.41, 5.74) is 13.0. The summed E-state index contributed by atoms with van der Waals surface area (Å²) in [6, 6.07) is 0.216. The molecule has 0 amide bonds. The summed E-state index contributed by atoms with van der Waals surface area (Å²) in [5, 5.41) is 4.42. The molecular formula is C13H20BrN7. The molecule has 0 saturated carbocycles. The van der Waals surface area contributed by atoms with Gasteiger partial charge in [0.1, 0.15) is 16.1 Å². The van der Waals surface area contributed by atoms with Crippen molar-refractivity contribution < 1.29 is 0 Å².